The first-order valence-electron chi connectivity index (χ1n) is 12.2. The highest BCUT2D eigenvalue weighted by atomic mass is 16.4. The van der Waals surface area contributed by atoms with Crippen molar-refractivity contribution in [2.45, 2.75) is 69.1 Å². The molecule has 4 amide bonds. The van der Waals surface area contributed by atoms with Crippen LogP contribution in [0.4, 0.5) is 0 Å². The number of unbranched alkanes of at least 4 members (excludes halogenated alkanes) is 1. The number of phenolic OH excluding ortho intramolecular Hbond substituents is 1. The zero-order chi connectivity index (χ0) is 29.5. The predicted molar refractivity (Wildman–Crippen MR) is 137 cm³/mol. The third kappa shape index (κ3) is 12.7. The molecule has 4 atom stereocenters. The maximum atomic E-state index is 13.3. The molecule has 0 aliphatic heterocycles. The van der Waals surface area contributed by atoms with Crippen LogP contribution in [-0.4, -0.2) is 81.6 Å². The van der Waals surface area contributed by atoms with Crippen LogP contribution in [0.15, 0.2) is 24.3 Å². The molecule has 0 fully saturated rings. The van der Waals surface area contributed by atoms with Crippen LogP contribution in [0.25, 0.3) is 0 Å². The van der Waals surface area contributed by atoms with Crippen molar-refractivity contribution in [3.8, 4) is 5.75 Å². The van der Waals surface area contributed by atoms with Gasteiger partial charge in [-0.05, 0) is 49.9 Å². The summed E-state index contributed by atoms with van der Waals surface area (Å²) in [6, 6.07) is 0.292. The van der Waals surface area contributed by atoms with Gasteiger partial charge in [-0.15, -0.1) is 0 Å². The van der Waals surface area contributed by atoms with E-state index >= 15 is 0 Å². The van der Waals surface area contributed by atoms with Crippen LogP contribution in [-0.2, 0) is 35.2 Å². The van der Waals surface area contributed by atoms with Crippen LogP contribution >= 0.6 is 0 Å². The molecule has 216 valence electrons. The number of carboxylic acids is 2. The number of carboxylic acid groups (broad SMARTS) is 2. The van der Waals surface area contributed by atoms with Gasteiger partial charge in [-0.25, -0.2) is 4.79 Å². The van der Waals surface area contributed by atoms with Crippen LogP contribution in [0.2, 0.25) is 0 Å². The number of aliphatic carboxylic acids is 2. The molecule has 0 heterocycles. The first kappa shape index (κ1) is 32.8. The molecule has 0 saturated heterocycles. The van der Waals surface area contributed by atoms with E-state index in [1.165, 1.54) is 24.3 Å². The Hall–Kier alpha value is -4.24. The van der Waals surface area contributed by atoms with Crippen molar-refractivity contribution in [3.63, 3.8) is 0 Å². The van der Waals surface area contributed by atoms with Gasteiger partial charge in [0.1, 0.15) is 23.9 Å². The number of carbonyl (C=O) groups is 6. The number of nitrogens with two attached hydrogens (primary N) is 3. The predicted octanol–water partition coefficient (Wildman–Crippen LogP) is -2.33. The number of amides is 4. The Labute approximate surface area is 224 Å². The summed E-state index contributed by atoms with van der Waals surface area (Å²) in [7, 11) is 0. The second kappa shape index (κ2) is 16.6. The van der Waals surface area contributed by atoms with E-state index in [2.05, 4.69) is 16.0 Å². The fraction of sp³-hybridized carbons (Fsp3) is 0.500. The number of rotatable bonds is 18. The van der Waals surface area contributed by atoms with E-state index in [1.807, 2.05) is 0 Å². The summed E-state index contributed by atoms with van der Waals surface area (Å²) >= 11 is 0. The Morgan fingerprint density at radius 3 is 1.90 bits per heavy atom. The number of benzene rings is 1. The fourth-order valence-corrected chi connectivity index (χ4v) is 3.49. The minimum Gasteiger partial charge on any atom is -0.508 e. The highest BCUT2D eigenvalue weighted by Crippen LogP contribution is 2.12. The van der Waals surface area contributed by atoms with Crippen molar-refractivity contribution in [2.24, 2.45) is 17.2 Å². The van der Waals surface area contributed by atoms with E-state index < -0.39 is 66.2 Å². The third-order valence-electron chi connectivity index (χ3n) is 5.61. The molecule has 4 unspecified atom stereocenters. The zero-order valence-corrected chi connectivity index (χ0v) is 21.3. The lowest BCUT2D eigenvalue weighted by molar-refractivity contribution is -0.142. The average molecular weight is 553 g/mol. The van der Waals surface area contributed by atoms with Crippen molar-refractivity contribution in [1.29, 1.82) is 0 Å². The summed E-state index contributed by atoms with van der Waals surface area (Å²) in [5.41, 5.74) is 16.7. The van der Waals surface area contributed by atoms with E-state index in [0.717, 1.165) is 0 Å². The molecule has 0 aliphatic carbocycles. The second-order valence-corrected chi connectivity index (χ2v) is 8.89. The fourth-order valence-electron chi connectivity index (χ4n) is 3.49. The maximum Gasteiger partial charge on any atom is 0.326 e. The molecule has 12 N–H and O–H groups in total. The van der Waals surface area contributed by atoms with Gasteiger partial charge in [0.2, 0.25) is 23.6 Å². The lowest BCUT2D eigenvalue weighted by Crippen LogP contribution is -2.57. The van der Waals surface area contributed by atoms with Gasteiger partial charge in [0.25, 0.3) is 0 Å². The van der Waals surface area contributed by atoms with Gasteiger partial charge < -0.3 is 48.5 Å². The highest BCUT2D eigenvalue weighted by Gasteiger charge is 2.30. The molecular formula is C24H36N6O9. The lowest BCUT2D eigenvalue weighted by Gasteiger charge is -2.25. The molecule has 15 heteroatoms. The number of phenols is 1. The molecule has 0 bridgehead atoms. The molecule has 1 rings (SSSR count). The van der Waals surface area contributed by atoms with Crippen LogP contribution in [0, 0.1) is 0 Å². The van der Waals surface area contributed by atoms with Crippen molar-refractivity contribution in [3.05, 3.63) is 29.8 Å². The van der Waals surface area contributed by atoms with Crippen LogP contribution in [0.5, 0.6) is 5.75 Å². The maximum absolute atomic E-state index is 13.3. The van der Waals surface area contributed by atoms with E-state index in [9.17, 15) is 39.0 Å². The topological polar surface area (TPSA) is 277 Å². The minimum atomic E-state index is -1.46. The van der Waals surface area contributed by atoms with Gasteiger partial charge in [-0.3, -0.25) is 24.0 Å². The molecular weight excluding hydrogens is 516 g/mol. The van der Waals surface area contributed by atoms with Crippen molar-refractivity contribution in [2.75, 3.05) is 6.54 Å². The van der Waals surface area contributed by atoms with Crippen molar-refractivity contribution >= 4 is 35.6 Å². The SMILES string of the molecule is NCCCCC(NC(=O)C(Cc1ccc(O)cc1)NC(=O)C(N)CC(=O)O)C(=O)NC(CCC(N)=O)C(=O)O. The van der Waals surface area contributed by atoms with Crippen LogP contribution < -0.4 is 33.2 Å². The van der Waals surface area contributed by atoms with E-state index in [0.29, 0.717) is 24.9 Å². The van der Waals surface area contributed by atoms with Gasteiger partial charge in [0, 0.05) is 12.8 Å². The lowest BCUT2D eigenvalue weighted by atomic mass is 10.0. The van der Waals surface area contributed by atoms with E-state index in [-0.39, 0.29) is 31.4 Å². The van der Waals surface area contributed by atoms with Crippen LogP contribution in [0.3, 0.4) is 0 Å². The molecule has 1 aromatic carbocycles. The number of aromatic hydroxyl groups is 1. The number of nitrogens with one attached hydrogen (secondary N) is 3. The first-order chi connectivity index (χ1) is 18.3. The van der Waals surface area contributed by atoms with E-state index in [1.54, 1.807) is 0 Å². The second-order valence-electron chi connectivity index (χ2n) is 8.89. The van der Waals surface area contributed by atoms with Gasteiger partial charge in [-0.1, -0.05) is 12.1 Å². The summed E-state index contributed by atoms with van der Waals surface area (Å²) in [5.74, 6) is -6.09. The monoisotopic (exact) mass is 552 g/mol. The molecule has 0 saturated carbocycles. The standard InChI is InChI=1S/C24H36N6O9/c25-10-2-1-3-16(22(36)29-17(24(38)39)8-9-19(27)32)28-23(37)18(11-13-4-6-14(31)7-5-13)30-21(35)15(26)12-20(33)34/h4-7,15-18,31H,1-3,8-12,25-26H2,(H2,27,32)(H,28,37)(H,29,36)(H,30,35)(H,33,34)(H,38,39). The summed E-state index contributed by atoms with van der Waals surface area (Å²) in [6.07, 6.45) is -0.376. The molecule has 15 nitrogen and oxygen atoms in total. The number of hydrogen-bond donors (Lipinski definition) is 9. The minimum absolute atomic E-state index is 0.0340. The third-order valence-corrected chi connectivity index (χ3v) is 5.61. The molecule has 1 aromatic rings. The Morgan fingerprint density at radius 1 is 0.795 bits per heavy atom. The molecule has 39 heavy (non-hydrogen) atoms. The van der Waals surface area contributed by atoms with Gasteiger partial charge in [0.15, 0.2) is 0 Å². The molecule has 0 radical (unpaired) electrons. The Balaban J connectivity index is 3.14. The van der Waals surface area contributed by atoms with Gasteiger partial charge in [-0.2, -0.15) is 0 Å². The Kier molecular flexibility index (Phi) is 13.9. The largest absolute Gasteiger partial charge is 0.508 e. The van der Waals surface area contributed by atoms with Crippen molar-refractivity contribution in [1.82, 2.24) is 16.0 Å². The number of hydrogen-bond acceptors (Lipinski definition) is 9. The number of carbonyl (C=O) groups excluding carboxylic acids is 4. The summed E-state index contributed by atoms with van der Waals surface area (Å²) in [4.78, 5) is 72.3. The molecule has 0 aliphatic rings. The highest BCUT2D eigenvalue weighted by molar-refractivity contribution is 5.95. The quantitative estimate of drug-likeness (QED) is 0.0871. The zero-order valence-electron chi connectivity index (χ0n) is 21.3. The Morgan fingerprint density at radius 2 is 1.36 bits per heavy atom. The number of primary amides is 1. The molecule has 0 aromatic heterocycles. The van der Waals surface area contributed by atoms with E-state index in [4.69, 9.17) is 22.3 Å². The molecule has 0 spiro atoms. The first-order valence-corrected chi connectivity index (χ1v) is 12.2. The summed E-state index contributed by atoms with van der Waals surface area (Å²) in [6.45, 7) is 0.305. The smallest absolute Gasteiger partial charge is 0.326 e. The van der Waals surface area contributed by atoms with Crippen molar-refractivity contribution < 1.29 is 44.1 Å². The normalized spacial score (nSPS) is 13.8. The van der Waals surface area contributed by atoms with Gasteiger partial charge >= 0.3 is 11.9 Å². The average Bonchev–Trinajstić information content (AvgIpc) is 2.85. The van der Waals surface area contributed by atoms with Crippen LogP contribution in [0.1, 0.15) is 44.1 Å². The Bertz CT molecular complexity index is 1020. The summed E-state index contributed by atoms with van der Waals surface area (Å²) < 4.78 is 0. The van der Waals surface area contributed by atoms with Gasteiger partial charge in [0.05, 0.1) is 12.5 Å². The summed E-state index contributed by atoms with van der Waals surface area (Å²) in [5, 5.41) is 35.0.